The molecule has 0 aromatic carbocycles. The van der Waals surface area contributed by atoms with Crippen LogP contribution >= 0.6 is 22.7 Å². The van der Waals surface area contributed by atoms with Gasteiger partial charge in [0, 0.05) is 21.8 Å². The molecule has 138 valence electrons. The second kappa shape index (κ2) is 7.13. The number of aryl methyl sites for hydroxylation is 1. The van der Waals surface area contributed by atoms with Crippen LogP contribution in [0.1, 0.15) is 26.6 Å². The van der Waals surface area contributed by atoms with Crippen molar-refractivity contribution in [3.8, 4) is 10.8 Å². The molecule has 0 bridgehead atoms. The number of hydrogen-bond acceptors (Lipinski definition) is 6. The average molecular weight is 399 g/mol. The Hall–Kier alpha value is -2.71. The predicted octanol–water partition coefficient (Wildman–Crippen LogP) is 3.98. The molecule has 0 radical (unpaired) electrons. The molecule has 0 aliphatic carbocycles. The van der Waals surface area contributed by atoms with E-state index in [4.69, 9.17) is 4.42 Å². The highest BCUT2D eigenvalue weighted by Crippen LogP contribution is 2.22. The maximum atomic E-state index is 12.8. The number of hydrogen-bond donors (Lipinski definition) is 0. The summed E-state index contributed by atoms with van der Waals surface area (Å²) in [5.41, 5.74) is 2.51. The van der Waals surface area contributed by atoms with Crippen molar-refractivity contribution in [2.24, 2.45) is 0 Å². The quantitative estimate of drug-likeness (QED) is 0.460. The van der Waals surface area contributed by atoms with E-state index in [9.17, 15) is 9.59 Å². The largest absolute Gasteiger partial charge is 0.437 e. The molecule has 0 aliphatic rings. The number of rotatable bonds is 6. The monoisotopic (exact) mass is 399 g/mol. The standard InChI is InChI=1S/C19H17N3O3S2/c1-12-9-15(13(2)21(12)10-14-5-3-7-26-14)16(23)11-22-19(24)25-18(20-22)17-6-4-8-27-17/h3-9H,10-11H2,1-2H3. The van der Waals surface area contributed by atoms with Crippen LogP contribution in [-0.2, 0) is 13.1 Å². The van der Waals surface area contributed by atoms with E-state index in [0.29, 0.717) is 5.56 Å². The van der Waals surface area contributed by atoms with Crippen molar-refractivity contribution in [1.29, 1.82) is 0 Å². The minimum Gasteiger partial charge on any atom is -0.387 e. The number of aromatic nitrogens is 3. The molecule has 4 rings (SSSR count). The highest BCUT2D eigenvalue weighted by atomic mass is 32.1. The fourth-order valence-corrected chi connectivity index (χ4v) is 4.35. The lowest BCUT2D eigenvalue weighted by atomic mass is 10.1. The smallest absolute Gasteiger partial charge is 0.387 e. The van der Waals surface area contributed by atoms with Crippen molar-refractivity contribution in [2.75, 3.05) is 0 Å². The fourth-order valence-electron chi connectivity index (χ4n) is 3.01. The number of Topliss-reactive ketones (excluding diaryl/α,β-unsaturated/α-hetero) is 1. The van der Waals surface area contributed by atoms with Crippen molar-refractivity contribution in [2.45, 2.75) is 26.9 Å². The normalized spacial score (nSPS) is 11.2. The first-order valence-electron chi connectivity index (χ1n) is 8.37. The van der Waals surface area contributed by atoms with Crippen LogP contribution in [0.15, 0.2) is 50.3 Å². The molecule has 0 spiro atoms. The first-order valence-corrected chi connectivity index (χ1v) is 10.1. The summed E-state index contributed by atoms with van der Waals surface area (Å²) in [6, 6.07) is 9.64. The van der Waals surface area contributed by atoms with Crippen molar-refractivity contribution in [3.05, 3.63) is 73.5 Å². The number of ketones is 1. The van der Waals surface area contributed by atoms with E-state index in [2.05, 4.69) is 15.7 Å². The Labute approximate surface area is 163 Å². The molecule has 0 saturated carbocycles. The maximum Gasteiger partial charge on any atom is 0.437 e. The van der Waals surface area contributed by atoms with Gasteiger partial charge in [-0.05, 0) is 42.8 Å². The van der Waals surface area contributed by atoms with Gasteiger partial charge < -0.3 is 8.98 Å². The van der Waals surface area contributed by atoms with Crippen molar-refractivity contribution < 1.29 is 9.21 Å². The van der Waals surface area contributed by atoms with Gasteiger partial charge in [0.1, 0.15) is 6.54 Å². The summed E-state index contributed by atoms with van der Waals surface area (Å²) in [5.74, 6) is -0.543. The van der Waals surface area contributed by atoms with Gasteiger partial charge in [-0.25, -0.2) is 4.79 Å². The molecule has 27 heavy (non-hydrogen) atoms. The number of nitrogens with zero attached hydrogens (tertiary/aromatic N) is 3. The summed E-state index contributed by atoms with van der Waals surface area (Å²) < 4.78 is 8.37. The molecule has 4 aromatic heterocycles. The second-order valence-electron chi connectivity index (χ2n) is 6.18. The summed E-state index contributed by atoms with van der Waals surface area (Å²) in [6.45, 7) is 4.50. The number of thiophene rings is 2. The zero-order chi connectivity index (χ0) is 19.0. The van der Waals surface area contributed by atoms with E-state index in [1.54, 1.807) is 11.3 Å². The van der Waals surface area contributed by atoms with E-state index < -0.39 is 5.76 Å². The second-order valence-corrected chi connectivity index (χ2v) is 8.16. The van der Waals surface area contributed by atoms with Crippen LogP contribution in [0, 0.1) is 13.8 Å². The predicted molar refractivity (Wildman–Crippen MR) is 106 cm³/mol. The molecule has 6 nitrogen and oxygen atoms in total. The lowest BCUT2D eigenvalue weighted by Gasteiger charge is -2.08. The van der Waals surface area contributed by atoms with Crippen LogP contribution < -0.4 is 5.76 Å². The molecule has 0 amide bonds. The average Bonchev–Trinajstić information content (AvgIpc) is 3.41. The van der Waals surface area contributed by atoms with E-state index >= 15 is 0 Å². The minimum atomic E-state index is -0.626. The summed E-state index contributed by atoms with van der Waals surface area (Å²) in [4.78, 5) is 26.8. The van der Waals surface area contributed by atoms with Crippen molar-refractivity contribution in [3.63, 3.8) is 0 Å². The van der Waals surface area contributed by atoms with Gasteiger partial charge in [0.05, 0.1) is 11.4 Å². The molecule has 0 saturated heterocycles. The van der Waals surface area contributed by atoms with Gasteiger partial charge in [0.25, 0.3) is 5.89 Å². The topological polar surface area (TPSA) is 70.0 Å². The van der Waals surface area contributed by atoms with Gasteiger partial charge in [0.2, 0.25) is 0 Å². The summed E-state index contributed by atoms with van der Waals surface area (Å²) in [6.07, 6.45) is 0. The van der Waals surface area contributed by atoms with Crippen molar-refractivity contribution in [1.82, 2.24) is 14.3 Å². The molecule has 4 heterocycles. The summed E-state index contributed by atoms with van der Waals surface area (Å²) >= 11 is 3.11. The van der Waals surface area contributed by atoms with E-state index in [1.807, 2.05) is 48.9 Å². The Bertz CT molecular complexity index is 1130. The van der Waals surface area contributed by atoms with Gasteiger partial charge in [0.15, 0.2) is 5.78 Å². The molecule has 0 unspecified atom stereocenters. The Morgan fingerprint density at radius 2 is 1.96 bits per heavy atom. The maximum absolute atomic E-state index is 12.8. The van der Waals surface area contributed by atoms with Crippen LogP contribution in [0.4, 0.5) is 0 Å². The zero-order valence-corrected chi connectivity index (χ0v) is 16.5. The van der Waals surface area contributed by atoms with Crippen LogP contribution in [0.2, 0.25) is 0 Å². The number of carbonyl (C=O) groups excluding carboxylic acids is 1. The highest BCUT2D eigenvalue weighted by Gasteiger charge is 2.19. The third-order valence-corrected chi connectivity index (χ3v) is 6.12. The Balaban J connectivity index is 1.58. The third kappa shape index (κ3) is 3.45. The van der Waals surface area contributed by atoms with E-state index in [-0.39, 0.29) is 18.2 Å². The molecule has 0 fully saturated rings. The molecular weight excluding hydrogens is 382 g/mol. The Morgan fingerprint density at radius 1 is 1.19 bits per heavy atom. The van der Waals surface area contributed by atoms with Gasteiger partial charge in [-0.3, -0.25) is 4.79 Å². The minimum absolute atomic E-state index is 0.142. The van der Waals surface area contributed by atoms with E-state index in [1.165, 1.54) is 16.2 Å². The molecule has 0 aliphatic heterocycles. The third-order valence-electron chi connectivity index (χ3n) is 4.40. The zero-order valence-electron chi connectivity index (χ0n) is 14.8. The van der Waals surface area contributed by atoms with Gasteiger partial charge in [-0.15, -0.1) is 27.8 Å². The van der Waals surface area contributed by atoms with Gasteiger partial charge >= 0.3 is 5.76 Å². The molecular formula is C19H17N3O3S2. The molecule has 4 aromatic rings. The van der Waals surface area contributed by atoms with Crippen LogP contribution in [0.25, 0.3) is 10.8 Å². The van der Waals surface area contributed by atoms with Crippen molar-refractivity contribution >= 4 is 28.5 Å². The van der Waals surface area contributed by atoms with Crippen LogP contribution in [-0.4, -0.2) is 20.1 Å². The molecule has 8 heteroatoms. The lowest BCUT2D eigenvalue weighted by molar-refractivity contribution is 0.0964. The summed E-state index contributed by atoms with van der Waals surface area (Å²) in [7, 11) is 0. The highest BCUT2D eigenvalue weighted by molar-refractivity contribution is 7.13. The Kier molecular flexibility index (Phi) is 4.67. The molecule has 0 atom stereocenters. The van der Waals surface area contributed by atoms with Gasteiger partial charge in [-0.2, -0.15) is 4.68 Å². The van der Waals surface area contributed by atoms with E-state index in [0.717, 1.165) is 27.5 Å². The fraction of sp³-hybridized carbons (Fsp3) is 0.211. The van der Waals surface area contributed by atoms with Crippen LogP contribution in [0.3, 0.4) is 0 Å². The van der Waals surface area contributed by atoms with Crippen LogP contribution in [0.5, 0.6) is 0 Å². The summed E-state index contributed by atoms with van der Waals surface area (Å²) in [5, 5.41) is 8.08. The molecule has 0 N–H and O–H groups in total. The SMILES string of the molecule is Cc1cc(C(=O)Cn2nc(-c3cccs3)oc2=O)c(C)n1Cc1cccs1. The number of carbonyl (C=O) groups is 1. The Morgan fingerprint density at radius 3 is 2.67 bits per heavy atom. The van der Waals surface area contributed by atoms with Gasteiger partial charge in [-0.1, -0.05) is 12.1 Å². The first-order chi connectivity index (χ1) is 13.0. The first kappa shape index (κ1) is 17.7. The lowest BCUT2D eigenvalue weighted by Crippen LogP contribution is -2.22.